The normalized spacial score (nSPS) is 31.8. The first-order valence-corrected chi connectivity index (χ1v) is 7.74. The van der Waals surface area contributed by atoms with E-state index < -0.39 is 0 Å². The number of hydrogen-bond acceptors (Lipinski definition) is 1. The summed E-state index contributed by atoms with van der Waals surface area (Å²) in [7, 11) is 0. The molecule has 1 nitrogen and oxygen atoms in total. The van der Waals surface area contributed by atoms with Gasteiger partial charge in [0, 0.05) is 5.56 Å². The Kier molecular flexibility index (Phi) is 3.45. The molecule has 3 unspecified atom stereocenters. The van der Waals surface area contributed by atoms with Gasteiger partial charge < -0.3 is 5.11 Å². The van der Waals surface area contributed by atoms with Gasteiger partial charge in [0.05, 0.1) is 0 Å². The average molecular weight is 268 g/mol. The summed E-state index contributed by atoms with van der Waals surface area (Å²) in [6.45, 7) is 6.64. The SMILES string of the molecule is Cc1cccc(/C(O)=C2\C(C)CC3=CC(C)CC2C3)c1. The summed E-state index contributed by atoms with van der Waals surface area (Å²) in [5.41, 5.74) is 5.08. The third-order valence-corrected chi connectivity index (χ3v) is 4.79. The second kappa shape index (κ2) is 5.12. The van der Waals surface area contributed by atoms with Gasteiger partial charge in [-0.15, -0.1) is 0 Å². The van der Waals surface area contributed by atoms with Crippen molar-refractivity contribution in [3.05, 3.63) is 52.6 Å². The number of aliphatic hydroxyl groups is 1. The van der Waals surface area contributed by atoms with Crippen LogP contribution in [0.2, 0.25) is 0 Å². The van der Waals surface area contributed by atoms with Crippen LogP contribution >= 0.6 is 0 Å². The molecule has 0 heterocycles. The van der Waals surface area contributed by atoms with Crippen molar-refractivity contribution in [1.29, 1.82) is 0 Å². The molecule has 20 heavy (non-hydrogen) atoms. The Bertz CT molecular complexity index is 579. The van der Waals surface area contributed by atoms with Gasteiger partial charge >= 0.3 is 0 Å². The van der Waals surface area contributed by atoms with Crippen molar-refractivity contribution in [3.8, 4) is 0 Å². The lowest BCUT2D eigenvalue weighted by molar-refractivity contribution is 0.357. The van der Waals surface area contributed by atoms with Gasteiger partial charge in [-0.05, 0) is 55.6 Å². The number of fused-ring (bicyclic) bond motifs is 2. The van der Waals surface area contributed by atoms with Crippen molar-refractivity contribution in [3.63, 3.8) is 0 Å². The zero-order valence-corrected chi connectivity index (χ0v) is 12.7. The van der Waals surface area contributed by atoms with E-state index >= 15 is 0 Å². The van der Waals surface area contributed by atoms with E-state index in [0.717, 1.165) is 18.4 Å². The molecule has 0 spiro atoms. The first-order valence-electron chi connectivity index (χ1n) is 7.74. The fourth-order valence-corrected chi connectivity index (χ4v) is 4.07. The Balaban J connectivity index is 2.03. The summed E-state index contributed by atoms with van der Waals surface area (Å²) in [4.78, 5) is 0. The molecular formula is C19H24O. The maximum atomic E-state index is 10.8. The molecule has 1 saturated carbocycles. The van der Waals surface area contributed by atoms with E-state index in [9.17, 15) is 5.11 Å². The van der Waals surface area contributed by atoms with E-state index in [-0.39, 0.29) is 0 Å². The summed E-state index contributed by atoms with van der Waals surface area (Å²) >= 11 is 0. The quantitative estimate of drug-likeness (QED) is 0.543. The van der Waals surface area contributed by atoms with Gasteiger partial charge in [0.25, 0.3) is 0 Å². The minimum Gasteiger partial charge on any atom is -0.507 e. The van der Waals surface area contributed by atoms with E-state index in [0.29, 0.717) is 23.5 Å². The van der Waals surface area contributed by atoms with Gasteiger partial charge in [-0.1, -0.05) is 49.3 Å². The van der Waals surface area contributed by atoms with Crippen LogP contribution in [0.3, 0.4) is 0 Å². The average Bonchev–Trinajstić information content (AvgIpc) is 2.37. The van der Waals surface area contributed by atoms with Gasteiger partial charge in [0.1, 0.15) is 5.76 Å². The van der Waals surface area contributed by atoms with E-state index in [1.165, 1.54) is 17.6 Å². The van der Waals surface area contributed by atoms with Crippen molar-refractivity contribution in [2.45, 2.75) is 40.0 Å². The Labute approximate surface area is 122 Å². The van der Waals surface area contributed by atoms with Crippen LogP contribution in [-0.2, 0) is 0 Å². The lowest BCUT2D eigenvalue weighted by Crippen LogP contribution is -2.25. The maximum Gasteiger partial charge on any atom is 0.122 e. The third kappa shape index (κ3) is 2.42. The standard InChI is InChI=1S/C19H24O/c1-12-5-4-6-16(8-12)19(20)18-14(3)10-15-7-13(2)9-17(18)11-15/h4-8,13-14,17,20H,9-11H2,1-3H3/b19-18-. The van der Waals surface area contributed by atoms with Gasteiger partial charge in [-0.2, -0.15) is 0 Å². The molecular weight excluding hydrogens is 244 g/mol. The maximum absolute atomic E-state index is 10.8. The highest BCUT2D eigenvalue weighted by atomic mass is 16.3. The van der Waals surface area contributed by atoms with Crippen LogP contribution < -0.4 is 0 Å². The van der Waals surface area contributed by atoms with Crippen LogP contribution in [-0.4, -0.2) is 5.11 Å². The number of aryl methyl sites for hydroxylation is 1. The predicted molar refractivity (Wildman–Crippen MR) is 84.5 cm³/mol. The van der Waals surface area contributed by atoms with Crippen molar-refractivity contribution in [2.75, 3.05) is 0 Å². The number of hydrogen-bond donors (Lipinski definition) is 1. The fraction of sp³-hybridized carbons (Fsp3) is 0.474. The molecule has 1 aromatic carbocycles. The molecule has 1 aromatic rings. The zero-order chi connectivity index (χ0) is 14.3. The Morgan fingerprint density at radius 3 is 2.75 bits per heavy atom. The number of aliphatic hydroxyl groups excluding tert-OH is 1. The molecule has 106 valence electrons. The number of allylic oxidation sites excluding steroid dienone is 3. The molecule has 3 atom stereocenters. The molecule has 1 N–H and O–H groups in total. The van der Waals surface area contributed by atoms with Crippen LogP contribution in [0.5, 0.6) is 0 Å². The zero-order valence-electron chi connectivity index (χ0n) is 12.7. The highest BCUT2D eigenvalue weighted by Gasteiger charge is 2.34. The van der Waals surface area contributed by atoms with Gasteiger partial charge in [0.15, 0.2) is 0 Å². The third-order valence-electron chi connectivity index (χ3n) is 4.79. The lowest BCUT2D eigenvalue weighted by atomic mass is 9.67. The number of rotatable bonds is 1. The van der Waals surface area contributed by atoms with E-state index in [1.807, 2.05) is 12.1 Å². The van der Waals surface area contributed by atoms with Crippen molar-refractivity contribution < 1.29 is 5.11 Å². The first-order chi connectivity index (χ1) is 9.54. The van der Waals surface area contributed by atoms with E-state index in [2.05, 4.69) is 39.0 Å². The molecule has 2 aliphatic carbocycles. The second-order valence-corrected chi connectivity index (χ2v) is 6.72. The van der Waals surface area contributed by atoms with Crippen LogP contribution in [0, 0.1) is 24.7 Å². The monoisotopic (exact) mass is 268 g/mol. The van der Waals surface area contributed by atoms with Crippen molar-refractivity contribution in [2.24, 2.45) is 17.8 Å². The first kappa shape index (κ1) is 13.5. The van der Waals surface area contributed by atoms with Crippen LogP contribution in [0.1, 0.15) is 44.2 Å². The molecule has 1 heteroatoms. The summed E-state index contributed by atoms with van der Waals surface area (Å²) < 4.78 is 0. The molecule has 0 amide bonds. The highest BCUT2D eigenvalue weighted by Crippen LogP contribution is 2.46. The molecule has 2 bridgehead atoms. The topological polar surface area (TPSA) is 20.2 Å². The van der Waals surface area contributed by atoms with Gasteiger partial charge in [0.2, 0.25) is 0 Å². The van der Waals surface area contributed by atoms with Crippen molar-refractivity contribution >= 4 is 5.76 Å². The second-order valence-electron chi connectivity index (χ2n) is 6.72. The molecule has 0 aliphatic heterocycles. The molecule has 2 aliphatic rings. The molecule has 0 radical (unpaired) electrons. The highest BCUT2D eigenvalue weighted by molar-refractivity contribution is 5.64. The van der Waals surface area contributed by atoms with E-state index in [4.69, 9.17) is 0 Å². The molecule has 0 saturated heterocycles. The lowest BCUT2D eigenvalue weighted by Gasteiger charge is -2.38. The summed E-state index contributed by atoms with van der Waals surface area (Å²) in [5, 5.41) is 10.8. The van der Waals surface area contributed by atoms with Gasteiger partial charge in [-0.3, -0.25) is 0 Å². The summed E-state index contributed by atoms with van der Waals surface area (Å²) in [6, 6.07) is 8.23. The Morgan fingerprint density at radius 1 is 1.20 bits per heavy atom. The van der Waals surface area contributed by atoms with Gasteiger partial charge in [-0.25, -0.2) is 0 Å². The Morgan fingerprint density at radius 2 is 2.00 bits per heavy atom. The minimum absolute atomic E-state index is 0.466. The predicted octanol–water partition coefficient (Wildman–Crippen LogP) is 5.28. The van der Waals surface area contributed by atoms with Crippen LogP contribution in [0.25, 0.3) is 5.76 Å². The molecule has 1 fully saturated rings. The van der Waals surface area contributed by atoms with Crippen LogP contribution in [0.15, 0.2) is 41.5 Å². The molecule has 0 aromatic heterocycles. The smallest absolute Gasteiger partial charge is 0.122 e. The molecule has 3 rings (SSSR count). The van der Waals surface area contributed by atoms with Crippen molar-refractivity contribution in [1.82, 2.24) is 0 Å². The minimum atomic E-state index is 0.466. The largest absolute Gasteiger partial charge is 0.507 e. The summed E-state index contributed by atoms with van der Waals surface area (Å²) in [5.74, 6) is 2.19. The number of benzene rings is 1. The van der Waals surface area contributed by atoms with E-state index in [1.54, 1.807) is 5.57 Å². The fourth-order valence-electron chi connectivity index (χ4n) is 4.07. The van der Waals surface area contributed by atoms with Crippen LogP contribution in [0.4, 0.5) is 0 Å². The summed E-state index contributed by atoms with van der Waals surface area (Å²) in [6.07, 6.45) is 5.90. The Hall–Kier alpha value is -1.50.